The van der Waals surface area contributed by atoms with Crippen LogP contribution in [0, 0.1) is 5.92 Å². The average molecular weight is 189 g/mol. The normalized spacial score (nSPS) is 12.6. The Balaban J connectivity index is 3.76. The van der Waals surface area contributed by atoms with E-state index in [4.69, 9.17) is 5.11 Å². The molecule has 0 unspecified atom stereocenters. The number of rotatable bonds is 5. The number of hydrogen-bond donors (Lipinski definition) is 3. The largest absolute Gasteiger partial charge is 0.480 e. The fraction of sp³-hybridized carbons (Fsp3) is 0.750. The fourth-order valence-electron chi connectivity index (χ4n) is 0.834. The van der Waals surface area contributed by atoms with E-state index in [1.54, 1.807) is 0 Å². The standard InChI is InChI=1S/C8H15NO4/c1-5(2)3-6(10)8(13)9-4-7(11)12/h5-6,10H,3-4H2,1-2H3,(H,9,13)(H,11,12)/t6-/m1/s1. The summed E-state index contributed by atoms with van der Waals surface area (Å²) in [7, 11) is 0. The van der Waals surface area contributed by atoms with Crippen molar-refractivity contribution in [3.8, 4) is 0 Å². The van der Waals surface area contributed by atoms with Gasteiger partial charge >= 0.3 is 5.97 Å². The first-order chi connectivity index (χ1) is 5.93. The Morgan fingerprint density at radius 2 is 1.92 bits per heavy atom. The lowest BCUT2D eigenvalue weighted by Gasteiger charge is -2.11. The third kappa shape index (κ3) is 6.10. The van der Waals surface area contributed by atoms with Crippen LogP contribution in [0.2, 0.25) is 0 Å². The van der Waals surface area contributed by atoms with Gasteiger partial charge in [0.25, 0.3) is 0 Å². The van der Waals surface area contributed by atoms with Gasteiger partial charge in [0.05, 0.1) is 0 Å². The van der Waals surface area contributed by atoms with Crippen molar-refractivity contribution in [3.05, 3.63) is 0 Å². The Morgan fingerprint density at radius 3 is 2.31 bits per heavy atom. The first kappa shape index (κ1) is 11.9. The van der Waals surface area contributed by atoms with Crippen LogP contribution in [0.4, 0.5) is 0 Å². The quantitative estimate of drug-likeness (QED) is 0.549. The van der Waals surface area contributed by atoms with Crippen LogP contribution in [0.1, 0.15) is 20.3 Å². The highest BCUT2D eigenvalue weighted by atomic mass is 16.4. The van der Waals surface area contributed by atoms with Gasteiger partial charge in [-0.05, 0) is 12.3 Å². The fourth-order valence-corrected chi connectivity index (χ4v) is 0.834. The summed E-state index contributed by atoms with van der Waals surface area (Å²) in [4.78, 5) is 21.0. The molecule has 13 heavy (non-hydrogen) atoms. The molecule has 0 aliphatic heterocycles. The average Bonchev–Trinajstić information content (AvgIpc) is 1.98. The van der Waals surface area contributed by atoms with Crippen LogP contribution in [0.3, 0.4) is 0 Å². The van der Waals surface area contributed by atoms with E-state index in [0.29, 0.717) is 6.42 Å². The van der Waals surface area contributed by atoms with Crippen LogP contribution in [0.15, 0.2) is 0 Å². The maximum atomic E-state index is 11.0. The molecule has 76 valence electrons. The molecule has 0 saturated heterocycles. The second-order valence-electron chi connectivity index (χ2n) is 3.26. The van der Waals surface area contributed by atoms with E-state index in [1.165, 1.54) is 0 Å². The van der Waals surface area contributed by atoms with Crippen molar-refractivity contribution < 1.29 is 19.8 Å². The summed E-state index contributed by atoms with van der Waals surface area (Å²) >= 11 is 0. The molecule has 0 radical (unpaired) electrons. The van der Waals surface area contributed by atoms with E-state index >= 15 is 0 Å². The molecule has 1 atom stereocenters. The second kappa shape index (κ2) is 5.53. The minimum Gasteiger partial charge on any atom is -0.480 e. The highest BCUT2D eigenvalue weighted by Crippen LogP contribution is 2.03. The number of carboxylic acid groups (broad SMARTS) is 1. The summed E-state index contributed by atoms with van der Waals surface area (Å²) in [5, 5.41) is 19.5. The number of carbonyl (C=O) groups excluding carboxylic acids is 1. The first-order valence-corrected chi connectivity index (χ1v) is 4.11. The summed E-state index contributed by atoms with van der Waals surface area (Å²) in [6.07, 6.45) is -0.773. The number of aliphatic hydroxyl groups excluding tert-OH is 1. The molecular formula is C8H15NO4. The zero-order valence-corrected chi connectivity index (χ0v) is 7.78. The number of nitrogens with one attached hydrogen (secondary N) is 1. The molecule has 5 heteroatoms. The van der Waals surface area contributed by atoms with E-state index in [1.807, 2.05) is 13.8 Å². The third-order valence-electron chi connectivity index (χ3n) is 1.41. The van der Waals surface area contributed by atoms with Crippen molar-refractivity contribution in [2.45, 2.75) is 26.4 Å². The van der Waals surface area contributed by atoms with E-state index in [-0.39, 0.29) is 5.92 Å². The number of hydrogen-bond acceptors (Lipinski definition) is 3. The van der Waals surface area contributed by atoms with Gasteiger partial charge in [0.15, 0.2) is 0 Å². The topological polar surface area (TPSA) is 86.6 Å². The van der Waals surface area contributed by atoms with Crippen LogP contribution < -0.4 is 5.32 Å². The Hall–Kier alpha value is -1.10. The van der Waals surface area contributed by atoms with Crippen molar-refractivity contribution in [1.82, 2.24) is 5.32 Å². The summed E-state index contributed by atoms with van der Waals surface area (Å²) in [5.74, 6) is -1.55. The van der Waals surface area contributed by atoms with Gasteiger partial charge in [-0.25, -0.2) is 0 Å². The minimum atomic E-state index is -1.12. The molecule has 3 N–H and O–H groups in total. The molecule has 0 aromatic heterocycles. The monoisotopic (exact) mass is 189 g/mol. The van der Waals surface area contributed by atoms with E-state index in [9.17, 15) is 14.7 Å². The van der Waals surface area contributed by atoms with Gasteiger partial charge in [-0.3, -0.25) is 9.59 Å². The molecule has 0 bridgehead atoms. The molecule has 0 aromatic carbocycles. The smallest absolute Gasteiger partial charge is 0.322 e. The Labute approximate surface area is 76.8 Å². The van der Waals surface area contributed by atoms with Gasteiger partial charge in [-0.15, -0.1) is 0 Å². The Bertz CT molecular complexity index is 191. The number of carboxylic acids is 1. The lowest BCUT2D eigenvalue weighted by Crippen LogP contribution is -2.38. The van der Waals surface area contributed by atoms with Crippen molar-refractivity contribution in [1.29, 1.82) is 0 Å². The zero-order valence-electron chi connectivity index (χ0n) is 7.78. The Morgan fingerprint density at radius 1 is 1.38 bits per heavy atom. The predicted octanol–water partition coefficient (Wildman–Crippen LogP) is -0.406. The van der Waals surface area contributed by atoms with Crippen molar-refractivity contribution in [2.24, 2.45) is 5.92 Å². The van der Waals surface area contributed by atoms with Gasteiger partial charge in [-0.1, -0.05) is 13.8 Å². The maximum absolute atomic E-state index is 11.0. The minimum absolute atomic E-state index is 0.200. The number of aliphatic carboxylic acids is 1. The van der Waals surface area contributed by atoms with Crippen molar-refractivity contribution in [2.75, 3.05) is 6.54 Å². The molecule has 1 amide bonds. The second-order valence-corrected chi connectivity index (χ2v) is 3.26. The first-order valence-electron chi connectivity index (χ1n) is 4.11. The van der Waals surface area contributed by atoms with Crippen LogP contribution in [-0.4, -0.2) is 34.7 Å². The molecule has 5 nitrogen and oxygen atoms in total. The van der Waals surface area contributed by atoms with Crippen molar-refractivity contribution in [3.63, 3.8) is 0 Å². The highest BCUT2D eigenvalue weighted by Gasteiger charge is 2.16. The van der Waals surface area contributed by atoms with E-state index < -0.39 is 24.5 Å². The number of carbonyl (C=O) groups is 2. The van der Waals surface area contributed by atoms with Gasteiger partial charge < -0.3 is 15.5 Å². The molecule has 0 saturated carbocycles. The van der Waals surface area contributed by atoms with Crippen LogP contribution in [0.25, 0.3) is 0 Å². The van der Waals surface area contributed by atoms with E-state index in [0.717, 1.165) is 0 Å². The molecular weight excluding hydrogens is 174 g/mol. The van der Waals surface area contributed by atoms with E-state index in [2.05, 4.69) is 5.32 Å². The number of aliphatic hydroxyl groups is 1. The Kier molecular flexibility index (Phi) is 5.06. The van der Waals surface area contributed by atoms with Gasteiger partial charge in [-0.2, -0.15) is 0 Å². The maximum Gasteiger partial charge on any atom is 0.322 e. The molecule has 0 heterocycles. The highest BCUT2D eigenvalue weighted by molar-refractivity contribution is 5.84. The van der Waals surface area contributed by atoms with Gasteiger partial charge in [0.2, 0.25) is 5.91 Å². The van der Waals surface area contributed by atoms with Gasteiger partial charge in [0.1, 0.15) is 12.6 Å². The summed E-state index contributed by atoms with van der Waals surface area (Å²) < 4.78 is 0. The lowest BCUT2D eigenvalue weighted by molar-refractivity contribution is -0.139. The van der Waals surface area contributed by atoms with Crippen LogP contribution in [0.5, 0.6) is 0 Å². The van der Waals surface area contributed by atoms with Crippen LogP contribution in [-0.2, 0) is 9.59 Å². The molecule has 0 spiro atoms. The lowest BCUT2D eigenvalue weighted by atomic mass is 10.1. The summed E-state index contributed by atoms with van der Waals surface area (Å²) in [5.41, 5.74) is 0. The predicted molar refractivity (Wildman–Crippen MR) is 46.1 cm³/mol. The molecule has 0 rings (SSSR count). The molecule has 0 fully saturated rings. The van der Waals surface area contributed by atoms with Gasteiger partial charge in [0, 0.05) is 0 Å². The summed E-state index contributed by atoms with van der Waals surface area (Å²) in [6.45, 7) is 3.29. The van der Waals surface area contributed by atoms with Crippen molar-refractivity contribution >= 4 is 11.9 Å². The van der Waals surface area contributed by atoms with Crippen LogP contribution >= 0.6 is 0 Å². The SMILES string of the molecule is CC(C)C[C@@H](O)C(=O)NCC(=O)O. The zero-order chi connectivity index (χ0) is 10.4. The molecule has 0 aliphatic rings. The summed E-state index contributed by atoms with van der Waals surface area (Å²) in [6, 6.07) is 0. The molecule has 0 aromatic rings. The molecule has 0 aliphatic carbocycles. The number of amides is 1. The third-order valence-corrected chi connectivity index (χ3v) is 1.41.